The molecule has 0 atom stereocenters. The van der Waals surface area contributed by atoms with Crippen LogP contribution >= 0.6 is 27.3 Å². The van der Waals surface area contributed by atoms with E-state index in [2.05, 4.69) is 25.8 Å². The zero-order valence-corrected chi connectivity index (χ0v) is 12.0. The number of halogens is 1. The van der Waals surface area contributed by atoms with E-state index in [1.54, 1.807) is 11.3 Å². The van der Waals surface area contributed by atoms with Crippen molar-refractivity contribution in [2.75, 3.05) is 37.3 Å². The van der Waals surface area contributed by atoms with Gasteiger partial charge in [-0.05, 0) is 15.9 Å². The van der Waals surface area contributed by atoms with Crippen LogP contribution in [0.1, 0.15) is 0 Å². The van der Waals surface area contributed by atoms with Gasteiger partial charge in [0.1, 0.15) is 4.60 Å². The smallest absolute Gasteiger partial charge is 0.211 e. The molecule has 1 aromatic rings. The number of rotatable bonds is 2. The van der Waals surface area contributed by atoms with Crippen molar-refractivity contribution < 1.29 is 8.42 Å². The zero-order chi connectivity index (χ0) is 11.8. The Bertz CT molecular complexity index is 465. The summed E-state index contributed by atoms with van der Waals surface area (Å²) in [5.74, 6) is 0. The maximum absolute atomic E-state index is 11.3. The number of piperazine rings is 1. The quantitative estimate of drug-likeness (QED) is 0.813. The first-order valence-electron chi connectivity index (χ1n) is 4.78. The van der Waals surface area contributed by atoms with E-state index in [4.69, 9.17) is 0 Å². The van der Waals surface area contributed by atoms with Gasteiger partial charge >= 0.3 is 0 Å². The molecule has 2 heterocycles. The fourth-order valence-corrected chi connectivity index (χ4v) is 3.73. The fraction of sp³-hybridized carbons (Fsp3) is 0.625. The van der Waals surface area contributed by atoms with Crippen molar-refractivity contribution in [2.24, 2.45) is 0 Å². The van der Waals surface area contributed by atoms with Crippen LogP contribution in [0.3, 0.4) is 0 Å². The van der Waals surface area contributed by atoms with Gasteiger partial charge in [-0.15, -0.1) is 11.3 Å². The first-order valence-corrected chi connectivity index (χ1v) is 8.30. The van der Waals surface area contributed by atoms with E-state index in [0.717, 1.165) is 9.73 Å². The molecular weight excluding hydrogens is 314 g/mol. The molecule has 0 radical (unpaired) electrons. The Morgan fingerprint density at radius 3 is 2.44 bits per heavy atom. The lowest BCUT2D eigenvalue weighted by Gasteiger charge is -2.32. The van der Waals surface area contributed by atoms with Crippen LogP contribution in [0.4, 0.5) is 5.13 Å². The van der Waals surface area contributed by atoms with Crippen LogP contribution in [-0.2, 0) is 10.0 Å². The van der Waals surface area contributed by atoms with Gasteiger partial charge in [-0.3, -0.25) is 0 Å². The van der Waals surface area contributed by atoms with Crippen LogP contribution in [0.2, 0.25) is 0 Å². The Morgan fingerprint density at radius 1 is 1.38 bits per heavy atom. The van der Waals surface area contributed by atoms with Gasteiger partial charge < -0.3 is 4.90 Å². The van der Waals surface area contributed by atoms with Gasteiger partial charge in [0.25, 0.3) is 0 Å². The van der Waals surface area contributed by atoms with Crippen molar-refractivity contribution in [3.63, 3.8) is 0 Å². The molecule has 0 amide bonds. The molecule has 90 valence electrons. The summed E-state index contributed by atoms with van der Waals surface area (Å²) in [5, 5.41) is 2.87. The minimum absolute atomic E-state index is 0.538. The number of hydrogen-bond acceptors (Lipinski definition) is 5. The lowest BCUT2D eigenvalue weighted by atomic mass is 10.4. The molecule has 1 aliphatic heterocycles. The van der Waals surface area contributed by atoms with Crippen LogP contribution in [0, 0.1) is 0 Å². The van der Waals surface area contributed by atoms with Crippen molar-refractivity contribution in [1.29, 1.82) is 0 Å². The molecule has 0 N–H and O–H groups in total. The summed E-state index contributed by atoms with van der Waals surface area (Å²) in [5.41, 5.74) is 0. The van der Waals surface area contributed by atoms with Crippen LogP contribution in [0.25, 0.3) is 0 Å². The van der Waals surface area contributed by atoms with Crippen molar-refractivity contribution in [1.82, 2.24) is 9.29 Å². The molecule has 1 aromatic heterocycles. The second-order valence-corrected chi connectivity index (χ2v) is 7.23. The van der Waals surface area contributed by atoms with Gasteiger partial charge in [0, 0.05) is 31.6 Å². The molecule has 0 aromatic carbocycles. The Balaban J connectivity index is 2.00. The monoisotopic (exact) mass is 325 g/mol. The van der Waals surface area contributed by atoms with Crippen LogP contribution in [-0.4, -0.2) is 50.1 Å². The van der Waals surface area contributed by atoms with Crippen molar-refractivity contribution in [2.45, 2.75) is 0 Å². The van der Waals surface area contributed by atoms with E-state index < -0.39 is 10.0 Å². The Hall–Kier alpha value is -0.180. The molecule has 0 aliphatic carbocycles. The van der Waals surface area contributed by atoms with E-state index in [0.29, 0.717) is 26.2 Å². The van der Waals surface area contributed by atoms with Crippen LogP contribution < -0.4 is 4.90 Å². The summed E-state index contributed by atoms with van der Waals surface area (Å²) in [7, 11) is -3.05. The van der Waals surface area contributed by atoms with Gasteiger partial charge in [-0.2, -0.15) is 4.31 Å². The molecule has 8 heteroatoms. The third kappa shape index (κ3) is 2.73. The fourth-order valence-electron chi connectivity index (χ4n) is 1.60. The Kier molecular flexibility index (Phi) is 3.53. The highest BCUT2D eigenvalue weighted by Gasteiger charge is 2.24. The summed E-state index contributed by atoms with van der Waals surface area (Å²) in [6.45, 7) is 2.48. The van der Waals surface area contributed by atoms with Gasteiger partial charge in [0.15, 0.2) is 5.13 Å². The standard InChI is InChI=1S/C8H12BrN3O2S2/c1-16(13,14)12-4-2-11(3-5-12)8-10-7(9)6-15-8/h6H,2-5H2,1H3. The Labute approximate surface area is 107 Å². The minimum Gasteiger partial charge on any atom is -0.345 e. The highest BCUT2D eigenvalue weighted by molar-refractivity contribution is 9.10. The molecule has 0 unspecified atom stereocenters. The molecular formula is C8H12BrN3O2S2. The van der Waals surface area contributed by atoms with Crippen LogP contribution in [0.5, 0.6) is 0 Å². The van der Waals surface area contributed by atoms with Crippen molar-refractivity contribution in [3.05, 3.63) is 9.98 Å². The number of anilines is 1. The average Bonchev–Trinajstić information content (AvgIpc) is 2.64. The number of thiazole rings is 1. The molecule has 5 nitrogen and oxygen atoms in total. The third-order valence-electron chi connectivity index (χ3n) is 2.44. The Morgan fingerprint density at radius 2 is 2.00 bits per heavy atom. The molecule has 0 saturated carbocycles. The lowest BCUT2D eigenvalue weighted by Crippen LogP contribution is -2.48. The second kappa shape index (κ2) is 4.59. The molecule has 16 heavy (non-hydrogen) atoms. The molecule has 2 rings (SSSR count). The largest absolute Gasteiger partial charge is 0.345 e. The highest BCUT2D eigenvalue weighted by atomic mass is 79.9. The van der Waals surface area contributed by atoms with E-state index in [1.165, 1.54) is 10.6 Å². The third-order valence-corrected chi connectivity index (χ3v) is 5.36. The molecule has 0 bridgehead atoms. The first kappa shape index (κ1) is 12.3. The first-order chi connectivity index (χ1) is 7.47. The second-order valence-electron chi connectivity index (χ2n) is 3.60. The summed E-state index contributed by atoms with van der Waals surface area (Å²) in [6, 6.07) is 0. The van der Waals surface area contributed by atoms with Crippen LogP contribution in [0.15, 0.2) is 9.98 Å². The summed E-state index contributed by atoms with van der Waals surface area (Å²) in [4.78, 5) is 6.42. The maximum Gasteiger partial charge on any atom is 0.211 e. The van der Waals surface area contributed by atoms with Gasteiger partial charge in [-0.1, -0.05) is 0 Å². The minimum atomic E-state index is -3.05. The summed E-state index contributed by atoms with van der Waals surface area (Å²) >= 11 is 4.87. The summed E-state index contributed by atoms with van der Waals surface area (Å²) in [6.07, 6.45) is 1.25. The maximum atomic E-state index is 11.3. The van der Waals surface area contributed by atoms with E-state index in [9.17, 15) is 8.42 Å². The average molecular weight is 326 g/mol. The van der Waals surface area contributed by atoms with E-state index in [1.807, 2.05) is 5.38 Å². The molecule has 0 spiro atoms. The summed E-state index contributed by atoms with van der Waals surface area (Å²) < 4.78 is 25.0. The predicted octanol–water partition coefficient (Wildman–Crippen LogP) is 0.987. The highest BCUT2D eigenvalue weighted by Crippen LogP contribution is 2.24. The van der Waals surface area contributed by atoms with Gasteiger partial charge in [0.05, 0.1) is 6.26 Å². The molecule has 1 aliphatic rings. The van der Waals surface area contributed by atoms with E-state index >= 15 is 0 Å². The SMILES string of the molecule is CS(=O)(=O)N1CCN(c2nc(Br)cs2)CC1. The topological polar surface area (TPSA) is 53.5 Å². The lowest BCUT2D eigenvalue weighted by molar-refractivity contribution is 0.388. The van der Waals surface area contributed by atoms with Gasteiger partial charge in [-0.25, -0.2) is 13.4 Å². The molecule has 1 saturated heterocycles. The van der Waals surface area contributed by atoms with Crippen molar-refractivity contribution >= 4 is 42.4 Å². The zero-order valence-electron chi connectivity index (χ0n) is 8.76. The number of sulfonamides is 1. The molecule has 1 fully saturated rings. The normalized spacial score (nSPS) is 19.0. The van der Waals surface area contributed by atoms with Crippen molar-refractivity contribution in [3.8, 4) is 0 Å². The van der Waals surface area contributed by atoms with Gasteiger partial charge in [0.2, 0.25) is 10.0 Å². The van der Waals surface area contributed by atoms with E-state index in [-0.39, 0.29) is 0 Å². The predicted molar refractivity (Wildman–Crippen MR) is 68.4 cm³/mol. The number of hydrogen-bond donors (Lipinski definition) is 0. The number of nitrogens with zero attached hydrogens (tertiary/aromatic N) is 3. The number of aromatic nitrogens is 1.